The molecule has 2 aromatic carbocycles. The highest BCUT2D eigenvalue weighted by Gasteiger charge is 2.10. The number of nitrogens with zero attached hydrogens (tertiary/aromatic N) is 2. The van der Waals surface area contributed by atoms with Crippen molar-refractivity contribution in [3.63, 3.8) is 0 Å². The second kappa shape index (κ2) is 6.23. The summed E-state index contributed by atoms with van der Waals surface area (Å²) in [5.74, 6) is -0.0163. The van der Waals surface area contributed by atoms with Crippen LogP contribution >= 0.6 is 11.6 Å². The van der Waals surface area contributed by atoms with Crippen LogP contribution in [0.1, 0.15) is 15.9 Å². The summed E-state index contributed by atoms with van der Waals surface area (Å²) < 4.78 is 0. The number of hydrogen-bond donors (Lipinski definition) is 0. The van der Waals surface area contributed by atoms with Crippen LogP contribution < -0.4 is 4.90 Å². The molecule has 3 nitrogen and oxygen atoms in total. The minimum Gasteiger partial charge on any atom is -0.367 e. The molecule has 2 aromatic rings. The Balaban J connectivity index is 2.13. The molecule has 20 heavy (non-hydrogen) atoms. The SMILES string of the molecule is CN(CC(=O)c1cccc(Cl)c1)c1cccc(C#N)c1. The molecule has 0 bridgehead atoms. The summed E-state index contributed by atoms with van der Waals surface area (Å²) >= 11 is 5.88. The van der Waals surface area contributed by atoms with Crippen molar-refractivity contribution in [1.29, 1.82) is 5.26 Å². The second-order valence-corrected chi connectivity index (χ2v) is 4.89. The van der Waals surface area contributed by atoms with Gasteiger partial charge in [-0.05, 0) is 30.3 Å². The predicted octanol–water partition coefficient (Wildman–Crippen LogP) is 3.53. The zero-order chi connectivity index (χ0) is 14.5. The average molecular weight is 285 g/mol. The Labute approximate surface area is 123 Å². The van der Waals surface area contributed by atoms with E-state index >= 15 is 0 Å². The highest BCUT2D eigenvalue weighted by molar-refractivity contribution is 6.31. The van der Waals surface area contributed by atoms with E-state index in [1.54, 1.807) is 42.5 Å². The fourth-order valence-electron chi connectivity index (χ4n) is 1.87. The molecule has 0 aliphatic heterocycles. The van der Waals surface area contributed by atoms with Gasteiger partial charge in [0.1, 0.15) is 0 Å². The Kier molecular flexibility index (Phi) is 4.39. The molecule has 0 aliphatic carbocycles. The molecule has 2 rings (SSSR count). The Morgan fingerprint density at radius 1 is 1.25 bits per heavy atom. The van der Waals surface area contributed by atoms with E-state index < -0.39 is 0 Å². The van der Waals surface area contributed by atoms with Crippen LogP contribution in [0, 0.1) is 11.3 Å². The first-order valence-electron chi connectivity index (χ1n) is 6.10. The monoisotopic (exact) mass is 284 g/mol. The maximum Gasteiger partial charge on any atom is 0.182 e. The largest absolute Gasteiger partial charge is 0.367 e. The lowest BCUT2D eigenvalue weighted by Gasteiger charge is -2.18. The fraction of sp³-hybridized carbons (Fsp3) is 0.125. The van der Waals surface area contributed by atoms with Crippen molar-refractivity contribution >= 4 is 23.1 Å². The molecule has 100 valence electrons. The normalized spacial score (nSPS) is 9.85. The van der Waals surface area contributed by atoms with Gasteiger partial charge in [0.15, 0.2) is 5.78 Å². The maximum atomic E-state index is 12.2. The molecule has 0 heterocycles. The predicted molar refractivity (Wildman–Crippen MR) is 80.2 cm³/mol. The number of carbonyl (C=O) groups excluding carboxylic acids is 1. The van der Waals surface area contributed by atoms with E-state index in [0.29, 0.717) is 16.1 Å². The summed E-state index contributed by atoms with van der Waals surface area (Å²) in [7, 11) is 1.82. The van der Waals surface area contributed by atoms with Gasteiger partial charge in [0.25, 0.3) is 0 Å². The van der Waals surface area contributed by atoms with Crippen LogP contribution in [0.15, 0.2) is 48.5 Å². The highest BCUT2D eigenvalue weighted by Crippen LogP contribution is 2.16. The number of Topliss-reactive ketones (excluding diaryl/α,β-unsaturated/α-hetero) is 1. The molecule has 0 radical (unpaired) electrons. The van der Waals surface area contributed by atoms with E-state index in [4.69, 9.17) is 16.9 Å². The second-order valence-electron chi connectivity index (χ2n) is 4.45. The van der Waals surface area contributed by atoms with E-state index in [9.17, 15) is 4.79 Å². The number of rotatable bonds is 4. The third-order valence-corrected chi connectivity index (χ3v) is 3.18. The molecule has 0 saturated carbocycles. The Bertz CT molecular complexity index is 676. The molecule has 4 heteroatoms. The number of carbonyl (C=O) groups is 1. The van der Waals surface area contributed by atoms with Crippen LogP contribution in [0.3, 0.4) is 0 Å². The van der Waals surface area contributed by atoms with Crippen molar-refractivity contribution in [3.05, 3.63) is 64.7 Å². The van der Waals surface area contributed by atoms with Gasteiger partial charge >= 0.3 is 0 Å². The highest BCUT2D eigenvalue weighted by atomic mass is 35.5. The topological polar surface area (TPSA) is 44.1 Å². The summed E-state index contributed by atoms with van der Waals surface area (Å²) in [5.41, 5.74) is 1.99. The van der Waals surface area contributed by atoms with Crippen molar-refractivity contribution in [3.8, 4) is 6.07 Å². The first-order chi connectivity index (χ1) is 9.60. The van der Waals surface area contributed by atoms with Crippen LogP contribution in [0.2, 0.25) is 5.02 Å². The van der Waals surface area contributed by atoms with Gasteiger partial charge in [0, 0.05) is 23.3 Å². The maximum absolute atomic E-state index is 12.2. The van der Waals surface area contributed by atoms with Crippen molar-refractivity contribution < 1.29 is 4.79 Å². The van der Waals surface area contributed by atoms with E-state index in [0.717, 1.165) is 5.69 Å². The van der Waals surface area contributed by atoms with Gasteiger partial charge in [0.05, 0.1) is 18.2 Å². The van der Waals surface area contributed by atoms with Crippen molar-refractivity contribution in [1.82, 2.24) is 0 Å². The molecular formula is C16H13ClN2O. The third-order valence-electron chi connectivity index (χ3n) is 2.94. The first-order valence-corrected chi connectivity index (χ1v) is 6.48. The van der Waals surface area contributed by atoms with Crippen LogP contribution in [0.4, 0.5) is 5.69 Å². The van der Waals surface area contributed by atoms with E-state index in [1.165, 1.54) is 0 Å². The Morgan fingerprint density at radius 2 is 2.00 bits per heavy atom. The van der Waals surface area contributed by atoms with E-state index in [1.807, 2.05) is 18.0 Å². The van der Waals surface area contributed by atoms with Crippen LogP contribution in [0.5, 0.6) is 0 Å². The third kappa shape index (κ3) is 3.37. The van der Waals surface area contributed by atoms with E-state index in [-0.39, 0.29) is 12.3 Å². The molecule has 0 aliphatic rings. The molecule has 0 fully saturated rings. The number of halogens is 1. The summed E-state index contributed by atoms with van der Waals surface area (Å²) in [6.07, 6.45) is 0. The molecular weight excluding hydrogens is 272 g/mol. The molecule has 0 saturated heterocycles. The van der Waals surface area contributed by atoms with E-state index in [2.05, 4.69) is 6.07 Å². The molecule has 0 aromatic heterocycles. The van der Waals surface area contributed by atoms with Gasteiger partial charge in [-0.3, -0.25) is 4.79 Å². The van der Waals surface area contributed by atoms with Gasteiger partial charge < -0.3 is 4.90 Å². The Hall–Kier alpha value is -2.31. The quantitative estimate of drug-likeness (QED) is 0.807. The number of anilines is 1. The zero-order valence-corrected chi connectivity index (χ0v) is 11.8. The van der Waals surface area contributed by atoms with Crippen molar-refractivity contribution in [2.75, 3.05) is 18.5 Å². The summed E-state index contributed by atoms with van der Waals surface area (Å²) in [4.78, 5) is 14.0. The standard InChI is InChI=1S/C16H13ClN2O/c1-19(15-7-2-4-12(8-15)10-18)11-16(20)13-5-3-6-14(17)9-13/h2-9H,11H2,1H3. The summed E-state index contributed by atoms with van der Waals surface area (Å²) in [5, 5.41) is 9.43. The van der Waals surface area contributed by atoms with Crippen LogP contribution in [0.25, 0.3) is 0 Å². The average Bonchev–Trinajstić information content (AvgIpc) is 2.47. The number of benzene rings is 2. The first kappa shape index (κ1) is 14.1. The lowest BCUT2D eigenvalue weighted by atomic mass is 10.1. The smallest absolute Gasteiger partial charge is 0.182 e. The number of nitriles is 1. The van der Waals surface area contributed by atoms with Crippen LogP contribution in [-0.4, -0.2) is 19.4 Å². The van der Waals surface area contributed by atoms with Gasteiger partial charge in [-0.15, -0.1) is 0 Å². The van der Waals surface area contributed by atoms with Gasteiger partial charge in [-0.1, -0.05) is 29.8 Å². The summed E-state index contributed by atoms with van der Waals surface area (Å²) in [6, 6.07) is 16.1. The Morgan fingerprint density at radius 3 is 2.70 bits per heavy atom. The zero-order valence-electron chi connectivity index (χ0n) is 11.0. The van der Waals surface area contributed by atoms with Crippen molar-refractivity contribution in [2.45, 2.75) is 0 Å². The van der Waals surface area contributed by atoms with Crippen LogP contribution in [-0.2, 0) is 0 Å². The summed E-state index contributed by atoms with van der Waals surface area (Å²) in [6.45, 7) is 0.231. The van der Waals surface area contributed by atoms with Gasteiger partial charge in [0.2, 0.25) is 0 Å². The lowest BCUT2D eigenvalue weighted by molar-refractivity contribution is 0.100. The molecule has 0 unspecified atom stereocenters. The van der Waals surface area contributed by atoms with Crippen molar-refractivity contribution in [2.24, 2.45) is 0 Å². The molecule has 0 N–H and O–H groups in total. The lowest BCUT2D eigenvalue weighted by Crippen LogP contribution is -2.25. The molecule has 0 amide bonds. The minimum atomic E-state index is -0.0163. The number of likely N-dealkylation sites (N-methyl/N-ethyl adjacent to an activating group) is 1. The minimum absolute atomic E-state index is 0.0163. The fourth-order valence-corrected chi connectivity index (χ4v) is 2.06. The van der Waals surface area contributed by atoms with Gasteiger partial charge in [-0.25, -0.2) is 0 Å². The number of ketones is 1. The molecule has 0 atom stereocenters. The number of hydrogen-bond acceptors (Lipinski definition) is 3. The molecule has 0 spiro atoms. The van der Waals surface area contributed by atoms with Gasteiger partial charge in [-0.2, -0.15) is 5.26 Å².